The largest absolute Gasteiger partial charge is 0.393 e. The molecule has 4 heteroatoms. The molecule has 31 heavy (non-hydrogen) atoms. The predicted molar refractivity (Wildman–Crippen MR) is 124 cm³/mol. The van der Waals surface area contributed by atoms with E-state index in [-0.39, 0.29) is 11.9 Å². The van der Waals surface area contributed by atoms with Gasteiger partial charge in [0.2, 0.25) is 0 Å². The van der Waals surface area contributed by atoms with Gasteiger partial charge in [0, 0.05) is 0 Å². The van der Waals surface area contributed by atoms with Crippen LogP contribution in [0, 0.1) is 35.0 Å². The molecule has 0 heterocycles. The molecule has 7 atom stereocenters. The molecular formula is C27H38O3S. The van der Waals surface area contributed by atoms with E-state index in [0.717, 1.165) is 49.4 Å². The number of benzene rings is 1. The highest BCUT2D eigenvalue weighted by atomic mass is 32.2. The van der Waals surface area contributed by atoms with Gasteiger partial charge in [0.25, 0.3) is 0 Å². The second-order valence-electron chi connectivity index (χ2n) is 11.1. The molecule has 1 aromatic rings. The van der Waals surface area contributed by atoms with E-state index in [9.17, 15) is 13.5 Å². The minimum atomic E-state index is -3.17. The van der Waals surface area contributed by atoms with Gasteiger partial charge in [-0.25, -0.2) is 8.42 Å². The Balaban J connectivity index is 1.24. The summed E-state index contributed by atoms with van der Waals surface area (Å²) in [5.74, 6) is 4.09. The van der Waals surface area contributed by atoms with Crippen LogP contribution in [0.4, 0.5) is 0 Å². The van der Waals surface area contributed by atoms with E-state index < -0.39 is 9.84 Å². The third-order valence-corrected chi connectivity index (χ3v) is 11.5. The van der Waals surface area contributed by atoms with Crippen molar-refractivity contribution < 1.29 is 13.5 Å². The highest BCUT2D eigenvalue weighted by Crippen LogP contribution is 2.64. The lowest BCUT2D eigenvalue weighted by molar-refractivity contribution is -0.0196. The maximum Gasteiger partial charge on any atom is 0.178 e. The summed E-state index contributed by atoms with van der Waals surface area (Å²) in [4.78, 5) is 0.466. The molecule has 3 fully saturated rings. The van der Waals surface area contributed by atoms with E-state index in [1.807, 2.05) is 18.2 Å². The molecule has 1 aromatic carbocycles. The van der Waals surface area contributed by atoms with Gasteiger partial charge >= 0.3 is 0 Å². The first-order chi connectivity index (χ1) is 14.9. The third kappa shape index (κ3) is 3.93. The van der Waals surface area contributed by atoms with Gasteiger partial charge in [-0.15, -0.1) is 0 Å². The number of hydrogen-bond donors (Lipinski definition) is 1. The van der Waals surface area contributed by atoms with Gasteiger partial charge < -0.3 is 5.11 Å². The Kier molecular flexibility index (Phi) is 5.83. The molecule has 1 N–H and O–H groups in total. The van der Waals surface area contributed by atoms with Gasteiger partial charge in [0.1, 0.15) is 0 Å². The lowest BCUT2D eigenvalue weighted by Gasteiger charge is -2.54. The van der Waals surface area contributed by atoms with Crippen molar-refractivity contribution >= 4 is 9.84 Å². The van der Waals surface area contributed by atoms with E-state index in [0.29, 0.717) is 16.2 Å². The number of allylic oxidation sites excluding steroid dienone is 1. The van der Waals surface area contributed by atoms with Crippen molar-refractivity contribution in [2.75, 3.05) is 5.75 Å². The molecule has 4 aliphatic carbocycles. The minimum absolute atomic E-state index is 0.115. The van der Waals surface area contributed by atoms with Crippen molar-refractivity contribution in [2.24, 2.45) is 35.0 Å². The van der Waals surface area contributed by atoms with Crippen LogP contribution in [-0.2, 0) is 9.84 Å². The second kappa shape index (κ2) is 8.33. The Morgan fingerprint density at radius 3 is 2.65 bits per heavy atom. The second-order valence-corrected chi connectivity index (χ2v) is 13.2. The van der Waals surface area contributed by atoms with Crippen LogP contribution in [0.5, 0.6) is 0 Å². The van der Waals surface area contributed by atoms with Crippen molar-refractivity contribution in [3.05, 3.63) is 42.0 Å². The molecule has 6 unspecified atom stereocenters. The zero-order chi connectivity index (χ0) is 21.6. The molecule has 0 aromatic heterocycles. The van der Waals surface area contributed by atoms with E-state index in [1.165, 1.54) is 38.5 Å². The fourth-order valence-electron chi connectivity index (χ4n) is 8.10. The first-order valence-corrected chi connectivity index (χ1v) is 14.2. The third-order valence-electron chi connectivity index (χ3n) is 9.68. The highest BCUT2D eigenvalue weighted by molar-refractivity contribution is 7.91. The molecule has 0 spiro atoms. The first kappa shape index (κ1) is 21.7. The Hall–Kier alpha value is -1.13. The van der Waals surface area contributed by atoms with Crippen molar-refractivity contribution in [3.63, 3.8) is 0 Å². The number of sulfone groups is 1. The predicted octanol–water partition coefficient (Wildman–Crippen LogP) is 5.79. The quantitative estimate of drug-likeness (QED) is 0.587. The molecule has 0 aliphatic heterocycles. The fourth-order valence-corrected chi connectivity index (χ4v) is 9.45. The van der Waals surface area contributed by atoms with Crippen molar-refractivity contribution in [3.8, 4) is 0 Å². The summed E-state index contributed by atoms with van der Waals surface area (Å²) in [6, 6.07) is 8.93. The molecule has 170 valence electrons. The lowest BCUT2D eigenvalue weighted by atomic mass is 9.51. The van der Waals surface area contributed by atoms with Crippen LogP contribution in [0.3, 0.4) is 0 Å². The van der Waals surface area contributed by atoms with Gasteiger partial charge in [-0.1, -0.05) is 36.8 Å². The summed E-state index contributed by atoms with van der Waals surface area (Å²) in [5.41, 5.74) is 1.95. The number of aliphatic hydroxyl groups excluding tert-OH is 1. The van der Waals surface area contributed by atoms with Crippen molar-refractivity contribution in [1.29, 1.82) is 0 Å². The Labute approximate surface area is 188 Å². The van der Waals surface area contributed by atoms with Gasteiger partial charge in [0.15, 0.2) is 9.84 Å². The zero-order valence-corrected chi connectivity index (χ0v) is 19.7. The number of aliphatic hydroxyl groups is 1. The molecule has 3 saturated carbocycles. The van der Waals surface area contributed by atoms with Crippen LogP contribution in [0.15, 0.2) is 46.9 Å². The normalized spacial score (nSPS) is 39.9. The van der Waals surface area contributed by atoms with E-state index in [2.05, 4.69) is 13.0 Å². The smallest absolute Gasteiger partial charge is 0.178 e. The maximum absolute atomic E-state index is 12.7. The number of fused-ring (bicyclic) bond motifs is 5. The van der Waals surface area contributed by atoms with Crippen LogP contribution < -0.4 is 0 Å². The van der Waals surface area contributed by atoms with Gasteiger partial charge in [-0.05, 0) is 111 Å². The van der Waals surface area contributed by atoms with Crippen LogP contribution in [0.2, 0.25) is 0 Å². The van der Waals surface area contributed by atoms with Crippen LogP contribution in [0.25, 0.3) is 0 Å². The summed E-state index contributed by atoms with van der Waals surface area (Å²) >= 11 is 0. The molecule has 5 rings (SSSR count). The molecule has 4 aliphatic rings. The van der Waals surface area contributed by atoms with Crippen LogP contribution >= 0.6 is 0 Å². The molecule has 0 bridgehead atoms. The van der Waals surface area contributed by atoms with E-state index >= 15 is 0 Å². The monoisotopic (exact) mass is 442 g/mol. The summed E-state index contributed by atoms with van der Waals surface area (Å²) in [5, 5.41) is 10.1. The number of hydrogen-bond acceptors (Lipinski definition) is 3. The van der Waals surface area contributed by atoms with Gasteiger partial charge in [0.05, 0.1) is 16.8 Å². The molecule has 0 amide bonds. The summed E-state index contributed by atoms with van der Waals surface area (Å²) in [6.07, 6.45) is 13.7. The highest BCUT2D eigenvalue weighted by Gasteiger charge is 2.55. The average Bonchev–Trinajstić information content (AvgIpc) is 3.10. The number of rotatable bonds is 5. The van der Waals surface area contributed by atoms with Crippen molar-refractivity contribution in [2.45, 2.75) is 82.1 Å². The fraction of sp³-hybridized carbons (Fsp3) is 0.704. The lowest BCUT2D eigenvalue weighted by Crippen LogP contribution is -2.46. The summed E-state index contributed by atoms with van der Waals surface area (Å²) in [6.45, 7) is 2.53. The van der Waals surface area contributed by atoms with E-state index in [4.69, 9.17) is 0 Å². The standard InChI is InChI=1S/C27H38O3S/c1-27-16-15-24-23-13-11-21(28)18-19(23)9-12-25(24)26(27)14-10-20(27)6-5-17-31(29,30)22-7-3-2-4-8-22/h2-4,7-9,20-21,23-26,28H,5-6,10-18H2,1H3/t20?,21?,23-,24?,25?,26?,27?/m0/s1. The van der Waals surface area contributed by atoms with Gasteiger partial charge in [-0.2, -0.15) is 0 Å². The van der Waals surface area contributed by atoms with E-state index in [1.54, 1.807) is 17.7 Å². The average molecular weight is 443 g/mol. The first-order valence-electron chi connectivity index (χ1n) is 12.5. The molecule has 3 nitrogen and oxygen atoms in total. The Morgan fingerprint density at radius 2 is 1.84 bits per heavy atom. The molecule has 0 saturated heterocycles. The zero-order valence-electron chi connectivity index (χ0n) is 18.9. The van der Waals surface area contributed by atoms with Crippen molar-refractivity contribution in [1.82, 2.24) is 0 Å². The summed E-state index contributed by atoms with van der Waals surface area (Å²) in [7, 11) is -3.17. The van der Waals surface area contributed by atoms with Crippen LogP contribution in [-0.4, -0.2) is 25.4 Å². The summed E-state index contributed by atoms with van der Waals surface area (Å²) < 4.78 is 25.4. The van der Waals surface area contributed by atoms with Crippen LogP contribution in [0.1, 0.15) is 71.1 Å². The maximum atomic E-state index is 12.7. The Morgan fingerprint density at radius 1 is 1.03 bits per heavy atom. The molecular weight excluding hydrogens is 404 g/mol. The Bertz CT molecular complexity index is 921. The minimum Gasteiger partial charge on any atom is -0.393 e. The van der Waals surface area contributed by atoms with Gasteiger partial charge in [-0.3, -0.25) is 0 Å². The SMILES string of the molecule is CC12CCC3C(CC=C4CC(O)CC[C@@H]43)C1CCC2CCCS(=O)(=O)c1ccccc1. The molecule has 0 radical (unpaired) electrons. The topological polar surface area (TPSA) is 54.4 Å².